The fraction of sp³-hybridized carbons (Fsp3) is 0.143. The van der Waals surface area contributed by atoms with Crippen LogP contribution in [0, 0.1) is 5.82 Å². The number of rotatable bonds is 1. The Balaban J connectivity index is 3.27. The number of hydrogen-bond donors (Lipinski definition) is 0. The van der Waals surface area contributed by atoms with Crippen LogP contribution in [0.15, 0.2) is 23.3 Å². The van der Waals surface area contributed by atoms with Gasteiger partial charge in [-0.05, 0) is 23.7 Å². The van der Waals surface area contributed by atoms with Gasteiger partial charge in [0.1, 0.15) is 5.82 Å². The molecular formula is C7H3F4N3. The van der Waals surface area contributed by atoms with Crippen molar-refractivity contribution in [1.82, 2.24) is 0 Å². The molecule has 1 aromatic rings. The molecule has 0 atom stereocenters. The number of alkyl halides is 3. The Labute approximate surface area is 75.6 Å². The van der Waals surface area contributed by atoms with E-state index >= 15 is 0 Å². The van der Waals surface area contributed by atoms with Crippen LogP contribution < -0.4 is 0 Å². The lowest BCUT2D eigenvalue weighted by Gasteiger charge is -2.06. The first-order valence-electron chi connectivity index (χ1n) is 3.36. The maximum Gasteiger partial charge on any atom is 0.416 e. The Kier molecular flexibility index (Phi) is 2.62. The van der Waals surface area contributed by atoms with Gasteiger partial charge in [-0.15, -0.1) is 0 Å². The van der Waals surface area contributed by atoms with E-state index in [9.17, 15) is 17.6 Å². The minimum atomic E-state index is -4.65. The molecule has 1 rings (SSSR count). The monoisotopic (exact) mass is 205 g/mol. The predicted molar refractivity (Wildman–Crippen MR) is 40.2 cm³/mol. The first-order chi connectivity index (χ1) is 6.43. The molecule has 0 saturated carbocycles. The van der Waals surface area contributed by atoms with Crippen molar-refractivity contribution in [2.45, 2.75) is 6.18 Å². The molecule has 0 amide bonds. The van der Waals surface area contributed by atoms with Crippen LogP contribution in [0.2, 0.25) is 0 Å². The van der Waals surface area contributed by atoms with Crippen molar-refractivity contribution in [3.05, 3.63) is 40.0 Å². The second-order valence-corrected chi connectivity index (χ2v) is 2.39. The molecule has 0 aliphatic carbocycles. The molecule has 0 aliphatic heterocycles. The Morgan fingerprint density at radius 3 is 2.36 bits per heavy atom. The third-order valence-corrected chi connectivity index (χ3v) is 1.37. The molecule has 0 fully saturated rings. The molecule has 14 heavy (non-hydrogen) atoms. The first-order valence-corrected chi connectivity index (χ1v) is 3.36. The van der Waals surface area contributed by atoms with E-state index in [0.717, 1.165) is 6.07 Å². The lowest BCUT2D eigenvalue weighted by atomic mass is 10.2. The highest BCUT2D eigenvalue weighted by Gasteiger charge is 2.31. The summed E-state index contributed by atoms with van der Waals surface area (Å²) in [5.41, 5.74) is 6.38. The maximum atomic E-state index is 12.6. The van der Waals surface area contributed by atoms with Crippen molar-refractivity contribution in [2.24, 2.45) is 5.11 Å². The van der Waals surface area contributed by atoms with Gasteiger partial charge in [0.05, 0.1) is 5.56 Å². The molecular weight excluding hydrogens is 202 g/mol. The fourth-order valence-electron chi connectivity index (χ4n) is 0.847. The summed E-state index contributed by atoms with van der Waals surface area (Å²) in [5.74, 6) is -1.10. The van der Waals surface area contributed by atoms with Crippen molar-refractivity contribution in [3.8, 4) is 0 Å². The standard InChI is InChI=1S/C7H3F4N3/c8-5-1-4(7(9,10)11)2-6(3-5)13-14-12/h1-3H. The molecule has 0 aromatic heterocycles. The van der Waals surface area contributed by atoms with Gasteiger partial charge < -0.3 is 0 Å². The molecule has 0 spiro atoms. The molecule has 7 heteroatoms. The number of benzene rings is 1. The highest BCUT2D eigenvalue weighted by molar-refractivity contribution is 5.41. The summed E-state index contributed by atoms with van der Waals surface area (Å²) in [6, 6.07) is 1.62. The zero-order valence-corrected chi connectivity index (χ0v) is 6.59. The second-order valence-electron chi connectivity index (χ2n) is 2.39. The van der Waals surface area contributed by atoms with E-state index in [4.69, 9.17) is 5.53 Å². The van der Waals surface area contributed by atoms with E-state index in [1.54, 1.807) is 0 Å². The van der Waals surface area contributed by atoms with Crippen LogP contribution in [0.5, 0.6) is 0 Å². The SMILES string of the molecule is [N-]=[N+]=Nc1cc(F)cc(C(F)(F)F)c1. The highest BCUT2D eigenvalue weighted by Crippen LogP contribution is 2.32. The summed E-state index contributed by atoms with van der Waals surface area (Å²) in [5, 5.41) is 2.88. The van der Waals surface area contributed by atoms with Gasteiger partial charge in [-0.2, -0.15) is 13.2 Å². The van der Waals surface area contributed by atoms with E-state index in [1.165, 1.54) is 0 Å². The predicted octanol–water partition coefficient (Wildman–Crippen LogP) is 3.79. The lowest BCUT2D eigenvalue weighted by Crippen LogP contribution is -2.04. The molecule has 74 valence electrons. The Morgan fingerprint density at radius 1 is 1.21 bits per heavy atom. The second kappa shape index (κ2) is 3.55. The number of azide groups is 1. The van der Waals surface area contributed by atoms with E-state index < -0.39 is 23.2 Å². The van der Waals surface area contributed by atoms with Gasteiger partial charge in [-0.3, -0.25) is 0 Å². The number of nitrogens with zero attached hydrogens (tertiary/aromatic N) is 3. The van der Waals surface area contributed by atoms with Crippen molar-refractivity contribution in [1.29, 1.82) is 0 Å². The Bertz CT molecular complexity index is 392. The van der Waals surface area contributed by atoms with Crippen LogP contribution in [-0.4, -0.2) is 0 Å². The number of hydrogen-bond acceptors (Lipinski definition) is 1. The normalized spacial score (nSPS) is 10.9. The Hall–Kier alpha value is -1.75. The van der Waals surface area contributed by atoms with Crippen molar-refractivity contribution >= 4 is 5.69 Å². The van der Waals surface area contributed by atoms with Crippen molar-refractivity contribution in [2.75, 3.05) is 0 Å². The molecule has 0 N–H and O–H groups in total. The number of halogens is 4. The summed E-state index contributed by atoms with van der Waals surface area (Å²) in [6.07, 6.45) is -4.65. The molecule has 0 aliphatic rings. The van der Waals surface area contributed by atoms with E-state index in [-0.39, 0.29) is 0 Å². The third kappa shape index (κ3) is 2.37. The van der Waals surface area contributed by atoms with Crippen LogP contribution in [0.3, 0.4) is 0 Å². The summed E-state index contributed by atoms with van der Waals surface area (Å²) < 4.78 is 48.9. The average Bonchev–Trinajstić information content (AvgIpc) is 2.02. The first kappa shape index (κ1) is 10.3. The quantitative estimate of drug-likeness (QED) is 0.290. The zero-order chi connectivity index (χ0) is 10.8. The van der Waals surface area contributed by atoms with Crippen LogP contribution >= 0.6 is 0 Å². The minimum Gasteiger partial charge on any atom is -0.207 e. The smallest absolute Gasteiger partial charge is 0.207 e. The topological polar surface area (TPSA) is 48.8 Å². The molecule has 0 saturated heterocycles. The van der Waals surface area contributed by atoms with Gasteiger partial charge in [0.25, 0.3) is 0 Å². The van der Waals surface area contributed by atoms with Crippen molar-refractivity contribution < 1.29 is 17.6 Å². The Morgan fingerprint density at radius 2 is 1.86 bits per heavy atom. The molecule has 0 bridgehead atoms. The van der Waals surface area contributed by atoms with Crippen molar-refractivity contribution in [3.63, 3.8) is 0 Å². The molecule has 0 radical (unpaired) electrons. The van der Waals surface area contributed by atoms with Crippen LogP contribution in [-0.2, 0) is 6.18 Å². The maximum absolute atomic E-state index is 12.6. The van der Waals surface area contributed by atoms with Gasteiger partial charge >= 0.3 is 6.18 Å². The van der Waals surface area contributed by atoms with Crippen LogP contribution in [0.25, 0.3) is 10.4 Å². The van der Waals surface area contributed by atoms with Gasteiger partial charge in [-0.1, -0.05) is 5.11 Å². The molecule has 0 heterocycles. The largest absolute Gasteiger partial charge is 0.416 e. The fourth-order valence-corrected chi connectivity index (χ4v) is 0.847. The van der Waals surface area contributed by atoms with Gasteiger partial charge in [0.15, 0.2) is 0 Å². The summed E-state index contributed by atoms with van der Waals surface area (Å²) in [6.45, 7) is 0. The highest BCUT2D eigenvalue weighted by atomic mass is 19.4. The molecule has 3 nitrogen and oxygen atoms in total. The van der Waals surface area contributed by atoms with Gasteiger partial charge in [0.2, 0.25) is 0 Å². The van der Waals surface area contributed by atoms with Gasteiger partial charge in [0, 0.05) is 10.6 Å². The van der Waals surface area contributed by atoms with E-state index in [2.05, 4.69) is 10.0 Å². The zero-order valence-electron chi connectivity index (χ0n) is 6.59. The van der Waals surface area contributed by atoms with Crippen LogP contribution in [0.1, 0.15) is 5.56 Å². The van der Waals surface area contributed by atoms with Gasteiger partial charge in [-0.25, -0.2) is 4.39 Å². The summed E-state index contributed by atoms with van der Waals surface area (Å²) in [4.78, 5) is 2.26. The van der Waals surface area contributed by atoms with E-state index in [0.29, 0.717) is 12.1 Å². The summed E-state index contributed by atoms with van der Waals surface area (Å²) in [7, 11) is 0. The minimum absolute atomic E-state index is 0.330. The van der Waals surface area contributed by atoms with Crippen LogP contribution in [0.4, 0.5) is 23.2 Å². The summed E-state index contributed by atoms with van der Waals surface area (Å²) >= 11 is 0. The average molecular weight is 205 g/mol. The lowest BCUT2D eigenvalue weighted by molar-refractivity contribution is -0.137. The molecule has 0 unspecified atom stereocenters. The third-order valence-electron chi connectivity index (χ3n) is 1.37. The molecule has 1 aromatic carbocycles. The van der Waals surface area contributed by atoms with E-state index in [1.807, 2.05) is 0 Å².